The van der Waals surface area contributed by atoms with Gasteiger partial charge in [-0.1, -0.05) is 11.3 Å². The number of hydrogen-bond acceptors (Lipinski definition) is 8. The molecule has 0 spiro atoms. The summed E-state index contributed by atoms with van der Waals surface area (Å²) in [4.78, 5) is 23.6. The average molecular weight is 387 g/mol. The number of benzene rings is 1. The molecule has 140 valence electrons. The third-order valence-corrected chi connectivity index (χ3v) is 5.12. The van der Waals surface area contributed by atoms with Crippen LogP contribution >= 0.6 is 11.3 Å². The first-order chi connectivity index (χ1) is 13.1. The fourth-order valence-corrected chi connectivity index (χ4v) is 3.73. The lowest BCUT2D eigenvalue weighted by atomic mass is 10.1. The summed E-state index contributed by atoms with van der Waals surface area (Å²) < 4.78 is 16.2. The summed E-state index contributed by atoms with van der Waals surface area (Å²) in [5.41, 5.74) is 0.820. The molecular formula is C18H17N3O5S. The zero-order valence-corrected chi connectivity index (χ0v) is 15.4. The van der Waals surface area contributed by atoms with Crippen LogP contribution in [0.4, 0.5) is 5.13 Å². The molecule has 1 aromatic carbocycles. The first kappa shape index (κ1) is 17.6. The second kappa shape index (κ2) is 7.45. The van der Waals surface area contributed by atoms with Crippen molar-refractivity contribution in [1.29, 1.82) is 0 Å². The van der Waals surface area contributed by atoms with E-state index >= 15 is 0 Å². The first-order valence-corrected chi connectivity index (χ1v) is 9.32. The normalized spacial score (nSPS) is 16.6. The lowest BCUT2D eigenvalue weighted by molar-refractivity contribution is -0.118. The van der Waals surface area contributed by atoms with Crippen molar-refractivity contribution in [3.8, 4) is 5.75 Å². The number of fused-ring (bicyclic) bond motifs is 1. The van der Waals surface area contributed by atoms with E-state index in [4.69, 9.17) is 13.9 Å². The van der Waals surface area contributed by atoms with Crippen LogP contribution in [0.15, 0.2) is 33.5 Å². The molecule has 1 atom stereocenters. The van der Waals surface area contributed by atoms with E-state index in [2.05, 4.69) is 15.5 Å². The number of anilines is 1. The Morgan fingerprint density at radius 2 is 2.26 bits per heavy atom. The van der Waals surface area contributed by atoms with Gasteiger partial charge in [0.05, 0.1) is 0 Å². The monoisotopic (exact) mass is 387 g/mol. The highest BCUT2D eigenvalue weighted by Crippen LogP contribution is 2.31. The Kier molecular flexibility index (Phi) is 4.87. The largest absolute Gasteiger partial charge is 0.484 e. The number of carbonyl (C=O) groups is 1. The van der Waals surface area contributed by atoms with Crippen molar-refractivity contribution in [1.82, 2.24) is 10.2 Å². The highest BCUT2D eigenvalue weighted by atomic mass is 32.1. The van der Waals surface area contributed by atoms with E-state index in [1.165, 1.54) is 17.4 Å². The van der Waals surface area contributed by atoms with Crippen molar-refractivity contribution in [3.63, 3.8) is 0 Å². The van der Waals surface area contributed by atoms with Crippen LogP contribution in [0.3, 0.4) is 0 Å². The third kappa shape index (κ3) is 3.99. The summed E-state index contributed by atoms with van der Waals surface area (Å²) >= 11 is 1.30. The minimum atomic E-state index is -0.423. The summed E-state index contributed by atoms with van der Waals surface area (Å²) in [6.45, 7) is 2.36. The molecule has 0 saturated carbocycles. The molecule has 1 fully saturated rings. The highest BCUT2D eigenvalue weighted by molar-refractivity contribution is 7.15. The van der Waals surface area contributed by atoms with Gasteiger partial charge in [-0.25, -0.2) is 4.79 Å². The number of nitrogens with one attached hydrogen (secondary N) is 1. The number of nitrogens with zero attached hydrogens (tertiary/aromatic N) is 2. The Bertz CT molecular complexity index is 1040. The van der Waals surface area contributed by atoms with Gasteiger partial charge in [0.15, 0.2) is 6.61 Å². The van der Waals surface area contributed by atoms with E-state index in [0.717, 1.165) is 35.4 Å². The highest BCUT2D eigenvalue weighted by Gasteiger charge is 2.22. The van der Waals surface area contributed by atoms with E-state index in [1.54, 1.807) is 18.2 Å². The number of aryl methyl sites for hydroxylation is 1. The molecule has 4 rings (SSSR count). The molecule has 3 aromatic rings. The summed E-state index contributed by atoms with van der Waals surface area (Å²) in [5.74, 6) is 0.0829. The quantitative estimate of drug-likeness (QED) is 0.671. The smallest absolute Gasteiger partial charge is 0.336 e. The SMILES string of the molecule is Cc1cc(=O)oc2cc(OCC(=O)Nc3nnc(C4CCCO4)s3)ccc12. The minimum Gasteiger partial charge on any atom is -0.484 e. The number of ether oxygens (including phenoxy) is 2. The molecule has 1 aliphatic heterocycles. The Balaban J connectivity index is 1.37. The predicted molar refractivity (Wildman–Crippen MR) is 99.2 cm³/mol. The Hall–Kier alpha value is -2.78. The summed E-state index contributed by atoms with van der Waals surface area (Å²) in [7, 11) is 0. The van der Waals surface area contributed by atoms with Gasteiger partial charge in [0.2, 0.25) is 5.13 Å². The molecule has 1 N–H and O–H groups in total. The first-order valence-electron chi connectivity index (χ1n) is 8.50. The van der Waals surface area contributed by atoms with E-state index in [-0.39, 0.29) is 18.6 Å². The van der Waals surface area contributed by atoms with Crippen LogP contribution in [0, 0.1) is 6.92 Å². The van der Waals surface area contributed by atoms with E-state index in [9.17, 15) is 9.59 Å². The molecule has 27 heavy (non-hydrogen) atoms. The molecule has 0 aliphatic carbocycles. The van der Waals surface area contributed by atoms with Crippen LogP contribution in [-0.4, -0.2) is 29.3 Å². The van der Waals surface area contributed by atoms with Crippen LogP contribution in [0.5, 0.6) is 5.75 Å². The maximum Gasteiger partial charge on any atom is 0.336 e. The van der Waals surface area contributed by atoms with E-state index < -0.39 is 5.63 Å². The van der Waals surface area contributed by atoms with Gasteiger partial charge in [-0.05, 0) is 37.5 Å². The fourth-order valence-electron chi connectivity index (χ4n) is 2.89. The molecule has 9 heteroatoms. The van der Waals surface area contributed by atoms with Gasteiger partial charge in [-0.2, -0.15) is 0 Å². The van der Waals surface area contributed by atoms with Crippen LogP contribution in [0.25, 0.3) is 11.0 Å². The Labute approximate surface area is 158 Å². The number of amides is 1. The third-order valence-electron chi connectivity index (χ3n) is 4.18. The average Bonchev–Trinajstić information content (AvgIpc) is 3.31. The summed E-state index contributed by atoms with van der Waals surface area (Å²) in [6.07, 6.45) is 1.90. The summed E-state index contributed by atoms with van der Waals surface area (Å²) in [5, 5.41) is 12.7. The molecule has 0 bridgehead atoms. The van der Waals surface area contributed by atoms with Crippen molar-refractivity contribution in [2.24, 2.45) is 0 Å². The molecular weight excluding hydrogens is 370 g/mol. The van der Waals surface area contributed by atoms with Gasteiger partial charge in [0, 0.05) is 24.1 Å². The second-order valence-electron chi connectivity index (χ2n) is 6.19. The van der Waals surface area contributed by atoms with Crippen LogP contribution in [-0.2, 0) is 9.53 Å². The molecule has 3 heterocycles. The Morgan fingerprint density at radius 1 is 1.37 bits per heavy atom. The van der Waals surface area contributed by atoms with Gasteiger partial charge >= 0.3 is 5.63 Å². The van der Waals surface area contributed by atoms with Crippen molar-refractivity contribution in [2.45, 2.75) is 25.9 Å². The maximum absolute atomic E-state index is 12.1. The molecule has 1 unspecified atom stereocenters. The zero-order chi connectivity index (χ0) is 18.8. The standard InChI is InChI=1S/C18H17N3O5S/c1-10-7-16(23)26-14-8-11(4-5-12(10)14)25-9-15(22)19-18-21-20-17(27-18)13-3-2-6-24-13/h4-5,7-8,13H,2-3,6,9H2,1H3,(H,19,21,22). The van der Waals surface area contributed by atoms with Gasteiger partial charge in [0.1, 0.15) is 22.4 Å². The van der Waals surface area contributed by atoms with Gasteiger partial charge in [0.25, 0.3) is 5.91 Å². The topological polar surface area (TPSA) is 104 Å². The van der Waals surface area contributed by atoms with Crippen LogP contribution < -0.4 is 15.7 Å². The van der Waals surface area contributed by atoms with Crippen molar-refractivity contribution >= 4 is 33.3 Å². The summed E-state index contributed by atoms with van der Waals surface area (Å²) in [6, 6.07) is 6.54. The molecule has 1 saturated heterocycles. The lowest BCUT2D eigenvalue weighted by Gasteiger charge is -2.07. The van der Waals surface area contributed by atoms with E-state index in [0.29, 0.717) is 16.5 Å². The van der Waals surface area contributed by atoms with Crippen molar-refractivity contribution < 1.29 is 18.7 Å². The lowest BCUT2D eigenvalue weighted by Crippen LogP contribution is -2.20. The minimum absolute atomic E-state index is 0.0277. The molecule has 0 radical (unpaired) electrons. The Morgan fingerprint density at radius 3 is 3.07 bits per heavy atom. The predicted octanol–water partition coefficient (Wildman–Crippen LogP) is 2.82. The van der Waals surface area contributed by atoms with Gasteiger partial charge in [-0.3, -0.25) is 10.1 Å². The maximum atomic E-state index is 12.1. The second-order valence-corrected chi connectivity index (χ2v) is 7.20. The molecule has 1 amide bonds. The van der Waals surface area contributed by atoms with E-state index in [1.807, 2.05) is 6.92 Å². The number of aromatic nitrogens is 2. The van der Waals surface area contributed by atoms with Gasteiger partial charge in [-0.15, -0.1) is 10.2 Å². The van der Waals surface area contributed by atoms with Gasteiger partial charge < -0.3 is 13.9 Å². The fraction of sp³-hybridized carbons (Fsp3) is 0.333. The zero-order valence-electron chi connectivity index (χ0n) is 14.6. The number of carbonyl (C=O) groups excluding carboxylic acids is 1. The molecule has 2 aromatic heterocycles. The van der Waals surface area contributed by atoms with Crippen molar-refractivity contribution in [3.05, 3.63) is 45.3 Å². The number of hydrogen-bond donors (Lipinski definition) is 1. The van der Waals surface area contributed by atoms with Crippen molar-refractivity contribution in [2.75, 3.05) is 18.5 Å². The van der Waals surface area contributed by atoms with Crippen LogP contribution in [0.2, 0.25) is 0 Å². The number of rotatable bonds is 5. The van der Waals surface area contributed by atoms with Crippen LogP contribution in [0.1, 0.15) is 29.5 Å². The molecule has 1 aliphatic rings. The molecule has 8 nitrogen and oxygen atoms in total.